The summed E-state index contributed by atoms with van der Waals surface area (Å²) >= 11 is 2.08. The first-order valence-corrected chi connectivity index (χ1v) is 25.1. The van der Waals surface area contributed by atoms with Crippen LogP contribution >= 0.6 is 11.8 Å². The molecule has 7 rings (SSSR count). The van der Waals surface area contributed by atoms with E-state index in [-0.39, 0.29) is 70.2 Å². The number of imidazole rings is 1. The second-order valence-electron chi connectivity index (χ2n) is 15.4. The second-order valence-corrected chi connectivity index (χ2v) is 28.3. The van der Waals surface area contributed by atoms with E-state index in [0.29, 0.717) is 22.5 Å². The van der Waals surface area contributed by atoms with Gasteiger partial charge in [-0.2, -0.15) is 0 Å². The van der Waals surface area contributed by atoms with Crippen LogP contribution in [0.5, 0.6) is 0 Å². The maximum atomic E-state index is 13.2. The molecule has 1 N–H and O–H groups in total. The maximum absolute atomic E-state index is 13.2. The molecule has 0 radical (unpaired) electrons. The summed E-state index contributed by atoms with van der Waals surface area (Å²) in [5.74, 6) is 0.182. The standard InChI is InChI=1S/C38H51N5O4SSeSi2/c1-24(2)50(25(3)4)45-30-20-15-21-38(30)33(46-51(47-50,26(5)6)27(7)8)32(49-29-18-13-10-14-19-29)37(48-38)43-23-41-31-34(39-22-40-35(31)43)42-36(44)28-16-11-9-12-17-28/h9-14,16-19,22-27,30,32-33,37H,15,20-21H2,1-8H3,(H,39,40,42,44)/t30-,32+,33-,37+,38-/m0/s1. The molecule has 1 aliphatic carbocycles. The van der Waals surface area contributed by atoms with Crippen molar-refractivity contribution >= 4 is 71.2 Å². The Labute approximate surface area is 315 Å². The van der Waals surface area contributed by atoms with Gasteiger partial charge in [0.2, 0.25) is 0 Å². The molecule has 4 heterocycles. The predicted octanol–water partition coefficient (Wildman–Crippen LogP) is 8.39. The summed E-state index contributed by atoms with van der Waals surface area (Å²) in [5.41, 5.74) is 2.90. The molecule has 0 unspecified atom stereocenters. The molecule has 5 atom stereocenters. The molecule has 1 spiro atoms. The van der Waals surface area contributed by atoms with E-state index in [1.165, 1.54) is 10.8 Å². The Bertz CT molecular complexity index is 1830. The van der Waals surface area contributed by atoms with Crippen molar-refractivity contribution in [1.82, 2.24) is 19.5 Å². The first-order valence-electron chi connectivity index (χ1n) is 18.4. The number of carbonyl (C=O) groups is 1. The second kappa shape index (κ2) is 14.5. The Hall–Kier alpha value is -2.36. The Morgan fingerprint density at radius 2 is 1.51 bits per heavy atom. The number of nitrogens with zero attached hydrogens (tertiary/aromatic N) is 4. The monoisotopic (exact) mass is 809 g/mol. The summed E-state index contributed by atoms with van der Waals surface area (Å²) in [6, 6.07) is 20.1. The van der Waals surface area contributed by atoms with Gasteiger partial charge in [0.25, 0.3) is 0 Å². The number of anilines is 1. The van der Waals surface area contributed by atoms with Gasteiger partial charge in [-0.05, 0) is 0 Å². The summed E-state index contributed by atoms with van der Waals surface area (Å²) in [6.07, 6.45) is 6.52. The summed E-state index contributed by atoms with van der Waals surface area (Å²) in [4.78, 5) is 27.5. The van der Waals surface area contributed by atoms with Crippen molar-refractivity contribution in [2.24, 2.45) is 0 Å². The zero-order valence-corrected chi connectivity index (χ0v) is 35.4. The first kappa shape index (κ1) is 37.0. The van der Waals surface area contributed by atoms with Crippen molar-refractivity contribution in [1.29, 1.82) is 0 Å². The zero-order valence-electron chi connectivity index (χ0n) is 30.9. The zero-order chi connectivity index (χ0) is 36.1. The predicted molar refractivity (Wildman–Crippen MR) is 211 cm³/mol. The van der Waals surface area contributed by atoms with Crippen LogP contribution in [0.4, 0.5) is 5.82 Å². The van der Waals surface area contributed by atoms with Crippen molar-refractivity contribution < 1.29 is 17.8 Å². The van der Waals surface area contributed by atoms with Crippen molar-refractivity contribution in [3.63, 3.8) is 0 Å². The van der Waals surface area contributed by atoms with E-state index in [9.17, 15) is 4.79 Å². The molecule has 2 aromatic heterocycles. The molecule has 3 aliphatic rings. The SMILES string of the molecule is CC(C)[Si]1(C(C)C)O[C@H]2CCC[C@]23S[C@@H](n2cnc4c(NC(=O)c5ccccc5)ncnc42)[C@H]([Se]c2ccccc2)[C@@H]3O[Si](C(C)C)(C(C)C)O1. The van der Waals surface area contributed by atoms with Crippen molar-refractivity contribution in [2.45, 2.75) is 124 Å². The number of hydrogen-bond donors (Lipinski definition) is 1. The van der Waals surface area contributed by atoms with Gasteiger partial charge >= 0.3 is 317 Å². The third-order valence-electron chi connectivity index (χ3n) is 11.1. The van der Waals surface area contributed by atoms with Crippen molar-refractivity contribution in [2.75, 3.05) is 5.32 Å². The molecule has 2 aliphatic heterocycles. The van der Waals surface area contributed by atoms with E-state index >= 15 is 0 Å². The summed E-state index contributed by atoms with van der Waals surface area (Å²) in [6.45, 7) is 18.5. The van der Waals surface area contributed by atoms with E-state index in [2.05, 4.69) is 101 Å². The molecule has 2 saturated heterocycles. The van der Waals surface area contributed by atoms with Crippen molar-refractivity contribution in [3.05, 3.63) is 78.9 Å². The first-order chi connectivity index (χ1) is 24.4. The van der Waals surface area contributed by atoms with Gasteiger partial charge in [0.05, 0.1) is 0 Å². The molecule has 0 bridgehead atoms. The van der Waals surface area contributed by atoms with Crippen LogP contribution in [0, 0.1) is 0 Å². The summed E-state index contributed by atoms with van der Waals surface area (Å²) in [7, 11) is -5.65. The van der Waals surface area contributed by atoms with Crippen LogP contribution in [0.25, 0.3) is 11.2 Å². The van der Waals surface area contributed by atoms with Gasteiger partial charge < -0.3 is 0 Å². The number of rotatable bonds is 9. The number of amides is 1. The number of hydrogen-bond acceptors (Lipinski definition) is 8. The van der Waals surface area contributed by atoms with Gasteiger partial charge in [0.1, 0.15) is 0 Å². The molecule has 13 heteroatoms. The van der Waals surface area contributed by atoms with Gasteiger partial charge in [-0.15, -0.1) is 0 Å². The summed E-state index contributed by atoms with van der Waals surface area (Å²) in [5, 5.41) is 2.99. The minimum atomic E-state index is -2.88. The fourth-order valence-corrected chi connectivity index (χ4v) is 25.8. The Morgan fingerprint density at radius 1 is 0.882 bits per heavy atom. The normalized spacial score (nSPS) is 27.1. The number of nitrogens with one attached hydrogen (secondary N) is 1. The van der Waals surface area contributed by atoms with E-state index < -0.39 is 17.1 Å². The van der Waals surface area contributed by atoms with E-state index in [0.717, 1.165) is 19.3 Å². The van der Waals surface area contributed by atoms with Crippen LogP contribution in [-0.2, 0) is 13.0 Å². The van der Waals surface area contributed by atoms with Crippen LogP contribution in [0.3, 0.4) is 0 Å². The molecule has 4 aromatic rings. The molecule has 51 heavy (non-hydrogen) atoms. The minimum absolute atomic E-state index is 0.0183. The quantitative estimate of drug-likeness (QED) is 0.169. The molecule has 3 fully saturated rings. The Morgan fingerprint density at radius 3 is 2.16 bits per heavy atom. The Balaban J connectivity index is 1.37. The number of thioether (sulfide) groups is 1. The fraction of sp³-hybridized carbons (Fsp3) is 0.526. The molecule has 1 saturated carbocycles. The van der Waals surface area contributed by atoms with Gasteiger partial charge in [-0.3, -0.25) is 0 Å². The van der Waals surface area contributed by atoms with E-state index in [1.54, 1.807) is 12.1 Å². The Kier molecular flexibility index (Phi) is 10.5. The van der Waals surface area contributed by atoms with Gasteiger partial charge in [-0.25, -0.2) is 0 Å². The number of aromatic nitrogens is 4. The van der Waals surface area contributed by atoms with Gasteiger partial charge in [0.15, 0.2) is 0 Å². The molecular formula is C38H51N5O4SSeSi2. The third kappa shape index (κ3) is 6.39. The van der Waals surface area contributed by atoms with Gasteiger partial charge in [0, 0.05) is 0 Å². The molecular weight excluding hydrogens is 758 g/mol. The molecule has 272 valence electrons. The van der Waals surface area contributed by atoms with Crippen LogP contribution in [0.2, 0.25) is 27.0 Å². The number of fused-ring (bicyclic) bond motifs is 1. The summed E-state index contributed by atoms with van der Waals surface area (Å²) < 4.78 is 26.8. The van der Waals surface area contributed by atoms with Crippen molar-refractivity contribution in [3.8, 4) is 0 Å². The third-order valence-corrected chi connectivity index (χ3v) is 26.4. The molecule has 9 nitrogen and oxygen atoms in total. The van der Waals surface area contributed by atoms with Crippen LogP contribution < -0.4 is 9.78 Å². The van der Waals surface area contributed by atoms with E-state index in [4.69, 9.17) is 22.9 Å². The average Bonchev–Trinajstić information content (AvgIpc) is 3.79. The van der Waals surface area contributed by atoms with Gasteiger partial charge in [-0.1, -0.05) is 0 Å². The fourth-order valence-electron chi connectivity index (χ4n) is 8.50. The average molecular weight is 809 g/mol. The van der Waals surface area contributed by atoms with Crippen LogP contribution in [-0.4, -0.2) is 74.5 Å². The van der Waals surface area contributed by atoms with Crippen LogP contribution in [0.15, 0.2) is 73.3 Å². The topological polar surface area (TPSA) is 100 Å². The molecule has 2 aromatic carbocycles. The van der Waals surface area contributed by atoms with E-state index in [1.807, 2.05) is 36.3 Å². The van der Waals surface area contributed by atoms with Crippen LogP contribution in [0.1, 0.15) is 90.4 Å². The molecule has 1 amide bonds. The number of benzene rings is 2. The number of carbonyl (C=O) groups excluding carboxylic acids is 1.